The molecule has 0 bridgehead atoms. The quantitative estimate of drug-likeness (QED) is 0.572. The Kier molecular flexibility index (Phi) is 3.59. The van der Waals surface area contributed by atoms with Gasteiger partial charge >= 0.3 is 0 Å². The van der Waals surface area contributed by atoms with Crippen molar-refractivity contribution in [2.75, 3.05) is 10.7 Å². The third-order valence-electron chi connectivity index (χ3n) is 2.63. The average molecular weight is 254 g/mol. The van der Waals surface area contributed by atoms with Crippen molar-refractivity contribution in [3.63, 3.8) is 0 Å². The van der Waals surface area contributed by atoms with Gasteiger partial charge in [-0.1, -0.05) is 12.1 Å². The first kappa shape index (κ1) is 12.8. The van der Waals surface area contributed by atoms with Crippen molar-refractivity contribution in [2.24, 2.45) is 5.84 Å². The first-order valence-corrected chi connectivity index (χ1v) is 5.73. The normalized spacial score (nSPS) is 9.79. The molecule has 2 aromatic rings. The number of nitrogens with zero attached hydrogens (tertiary/aromatic N) is 3. The molecule has 0 aliphatic rings. The van der Waals surface area contributed by atoms with Gasteiger partial charge in [0, 0.05) is 6.07 Å². The topological polar surface area (TPSA) is 99.6 Å². The molecule has 4 N–H and O–H groups in total. The van der Waals surface area contributed by atoms with Crippen molar-refractivity contribution >= 4 is 17.3 Å². The maximum absolute atomic E-state index is 9.18. The van der Waals surface area contributed by atoms with Gasteiger partial charge in [-0.3, -0.25) is 0 Å². The summed E-state index contributed by atoms with van der Waals surface area (Å²) in [4.78, 5) is 8.36. The molecule has 6 nitrogen and oxygen atoms in total. The van der Waals surface area contributed by atoms with Crippen LogP contribution in [0.3, 0.4) is 0 Å². The molecule has 19 heavy (non-hydrogen) atoms. The zero-order valence-corrected chi connectivity index (χ0v) is 10.7. The van der Waals surface area contributed by atoms with Gasteiger partial charge in [0.25, 0.3) is 0 Å². The van der Waals surface area contributed by atoms with E-state index in [-0.39, 0.29) is 0 Å². The highest BCUT2D eigenvalue weighted by molar-refractivity contribution is 5.67. The number of nitrogens with one attached hydrogen (secondary N) is 2. The Morgan fingerprint density at radius 1 is 1.21 bits per heavy atom. The predicted octanol–water partition coefficient (Wildman–Crippen LogP) is 1.99. The van der Waals surface area contributed by atoms with Crippen molar-refractivity contribution in [3.8, 4) is 6.07 Å². The van der Waals surface area contributed by atoms with Gasteiger partial charge in [-0.15, -0.1) is 0 Å². The van der Waals surface area contributed by atoms with Gasteiger partial charge in [0.2, 0.25) is 0 Å². The molecular formula is C13H14N6. The van der Waals surface area contributed by atoms with E-state index in [0.29, 0.717) is 28.7 Å². The smallest absolute Gasteiger partial charge is 0.145 e. The molecule has 6 heteroatoms. The molecule has 1 aromatic heterocycles. The fourth-order valence-corrected chi connectivity index (χ4v) is 1.76. The number of benzene rings is 1. The van der Waals surface area contributed by atoms with E-state index in [4.69, 9.17) is 5.84 Å². The lowest BCUT2D eigenvalue weighted by atomic mass is 10.1. The van der Waals surface area contributed by atoms with Crippen LogP contribution < -0.4 is 16.6 Å². The van der Waals surface area contributed by atoms with Crippen LogP contribution in [0.25, 0.3) is 0 Å². The molecule has 0 saturated heterocycles. The number of aromatic nitrogens is 2. The molecular weight excluding hydrogens is 240 g/mol. The number of nitrogens with two attached hydrogens (primary N) is 1. The van der Waals surface area contributed by atoms with Gasteiger partial charge in [0.15, 0.2) is 0 Å². The summed E-state index contributed by atoms with van der Waals surface area (Å²) in [5.41, 5.74) is 4.70. The third kappa shape index (κ3) is 2.78. The van der Waals surface area contributed by atoms with Crippen molar-refractivity contribution in [2.45, 2.75) is 13.8 Å². The van der Waals surface area contributed by atoms with E-state index in [9.17, 15) is 5.26 Å². The number of hydrazine groups is 1. The second-order valence-corrected chi connectivity index (χ2v) is 4.06. The number of rotatable bonds is 3. The number of nitriles is 1. The second kappa shape index (κ2) is 5.33. The van der Waals surface area contributed by atoms with Gasteiger partial charge in [-0.25, -0.2) is 15.8 Å². The Balaban J connectivity index is 2.39. The summed E-state index contributed by atoms with van der Waals surface area (Å²) in [7, 11) is 0. The van der Waals surface area contributed by atoms with E-state index in [1.165, 1.54) is 0 Å². The molecule has 0 saturated carbocycles. The van der Waals surface area contributed by atoms with Crippen molar-refractivity contribution < 1.29 is 0 Å². The monoisotopic (exact) mass is 254 g/mol. The van der Waals surface area contributed by atoms with E-state index in [1.807, 2.05) is 25.1 Å². The zero-order chi connectivity index (χ0) is 13.8. The maximum atomic E-state index is 9.18. The lowest BCUT2D eigenvalue weighted by molar-refractivity contribution is 1.05. The van der Waals surface area contributed by atoms with Crippen LogP contribution in [0.5, 0.6) is 0 Å². The van der Waals surface area contributed by atoms with E-state index < -0.39 is 0 Å². The number of hydrogen-bond acceptors (Lipinski definition) is 6. The van der Waals surface area contributed by atoms with Gasteiger partial charge in [-0.05, 0) is 25.5 Å². The Hall–Kier alpha value is -2.65. The maximum Gasteiger partial charge on any atom is 0.145 e. The van der Waals surface area contributed by atoms with Crippen LogP contribution in [-0.4, -0.2) is 9.97 Å². The summed E-state index contributed by atoms with van der Waals surface area (Å²) in [6, 6.07) is 9.46. The fraction of sp³-hybridized carbons (Fsp3) is 0.154. The number of anilines is 3. The average Bonchev–Trinajstić information content (AvgIpc) is 2.38. The lowest BCUT2D eigenvalue weighted by Gasteiger charge is -2.10. The second-order valence-electron chi connectivity index (χ2n) is 4.06. The molecule has 96 valence electrons. The summed E-state index contributed by atoms with van der Waals surface area (Å²) in [5, 5.41) is 12.3. The summed E-state index contributed by atoms with van der Waals surface area (Å²) in [6.07, 6.45) is 0. The van der Waals surface area contributed by atoms with Crippen molar-refractivity contribution in [3.05, 3.63) is 41.2 Å². The van der Waals surface area contributed by atoms with Crippen molar-refractivity contribution in [1.29, 1.82) is 5.26 Å². The zero-order valence-electron chi connectivity index (χ0n) is 10.7. The van der Waals surface area contributed by atoms with E-state index in [2.05, 4.69) is 26.8 Å². The molecule has 0 aliphatic heterocycles. The molecule has 2 rings (SSSR count). The van der Waals surface area contributed by atoms with E-state index in [0.717, 1.165) is 5.56 Å². The Labute approximate surface area is 111 Å². The van der Waals surface area contributed by atoms with Crippen LogP contribution in [0.15, 0.2) is 24.3 Å². The van der Waals surface area contributed by atoms with E-state index >= 15 is 0 Å². The third-order valence-corrected chi connectivity index (χ3v) is 2.63. The molecule has 0 amide bonds. The predicted molar refractivity (Wildman–Crippen MR) is 73.8 cm³/mol. The van der Waals surface area contributed by atoms with E-state index in [1.54, 1.807) is 13.0 Å². The molecule has 0 aliphatic carbocycles. The Morgan fingerprint density at radius 2 is 1.95 bits per heavy atom. The Morgan fingerprint density at radius 3 is 2.63 bits per heavy atom. The largest absolute Gasteiger partial charge is 0.339 e. The van der Waals surface area contributed by atoms with Crippen LogP contribution in [0.1, 0.15) is 17.0 Å². The summed E-state index contributed by atoms with van der Waals surface area (Å²) < 4.78 is 0. The minimum atomic E-state index is 0.515. The number of nitrogen functional groups attached to an aromatic ring is 1. The first-order chi connectivity index (χ1) is 9.13. The van der Waals surface area contributed by atoms with Crippen LogP contribution >= 0.6 is 0 Å². The highest BCUT2D eigenvalue weighted by Crippen LogP contribution is 2.22. The minimum absolute atomic E-state index is 0.515. The van der Waals surface area contributed by atoms with Gasteiger partial charge in [0.05, 0.1) is 11.3 Å². The number of hydrogen-bond donors (Lipinski definition) is 3. The minimum Gasteiger partial charge on any atom is -0.339 e. The molecule has 1 aromatic carbocycles. The summed E-state index contributed by atoms with van der Waals surface area (Å²) in [5.74, 6) is 7.03. The van der Waals surface area contributed by atoms with Crippen molar-refractivity contribution in [1.82, 2.24) is 9.97 Å². The number of aryl methyl sites for hydroxylation is 2. The highest BCUT2D eigenvalue weighted by Gasteiger charge is 2.07. The molecule has 0 fully saturated rings. The molecule has 0 unspecified atom stereocenters. The molecule has 0 spiro atoms. The summed E-state index contributed by atoms with van der Waals surface area (Å²) >= 11 is 0. The van der Waals surface area contributed by atoms with Crippen LogP contribution in [0.4, 0.5) is 17.3 Å². The first-order valence-electron chi connectivity index (χ1n) is 5.73. The van der Waals surface area contributed by atoms with Crippen LogP contribution in [0, 0.1) is 25.2 Å². The summed E-state index contributed by atoms with van der Waals surface area (Å²) in [6.45, 7) is 3.66. The SMILES string of the molecule is Cc1nc(NN)cc(Nc2cccc(C)c2C#N)n1. The fourth-order valence-electron chi connectivity index (χ4n) is 1.76. The van der Waals surface area contributed by atoms with Gasteiger partial charge in [0.1, 0.15) is 23.5 Å². The lowest BCUT2D eigenvalue weighted by Crippen LogP contribution is -2.10. The van der Waals surface area contributed by atoms with Gasteiger partial charge < -0.3 is 10.7 Å². The Bertz CT molecular complexity index is 644. The van der Waals surface area contributed by atoms with Gasteiger partial charge in [-0.2, -0.15) is 5.26 Å². The standard InChI is InChI=1S/C13H14N6/c1-8-4-3-5-11(10(8)7-14)18-12-6-13(19-15)17-9(2)16-12/h3-6H,15H2,1-2H3,(H2,16,17,18,19). The molecule has 0 radical (unpaired) electrons. The molecule has 1 heterocycles. The highest BCUT2D eigenvalue weighted by atomic mass is 15.3. The molecule has 0 atom stereocenters. The van der Waals surface area contributed by atoms with Crippen LogP contribution in [0.2, 0.25) is 0 Å². The van der Waals surface area contributed by atoms with Crippen LogP contribution in [-0.2, 0) is 0 Å².